The minimum atomic E-state index is 0.126. The molecular formula is C19H19N3O. The summed E-state index contributed by atoms with van der Waals surface area (Å²) in [7, 11) is 0. The Morgan fingerprint density at radius 3 is 2.83 bits per heavy atom. The number of anilines is 1. The molecule has 0 aliphatic heterocycles. The normalized spacial score (nSPS) is 14.6. The van der Waals surface area contributed by atoms with E-state index in [1.54, 1.807) is 6.20 Å². The first-order valence-corrected chi connectivity index (χ1v) is 8.09. The maximum absolute atomic E-state index is 12.0. The van der Waals surface area contributed by atoms with Gasteiger partial charge in [0.1, 0.15) is 0 Å². The van der Waals surface area contributed by atoms with Gasteiger partial charge in [0.2, 0.25) is 5.91 Å². The molecule has 0 saturated heterocycles. The van der Waals surface area contributed by atoms with Crippen LogP contribution in [0.4, 0.5) is 5.69 Å². The zero-order valence-electron chi connectivity index (χ0n) is 12.9. The summed E-state index contributed by atoms with van der Waals surface area (Å²) in [6, 6.07) is 14.7. The maximum Gasteiger partial charge on any atom is 0.227 e. The van der Waals surface area contributed by atoms with Gasteiger partial charge < -0.3 is 5.32 Å². The number of carbonyl (C=O) groups is 1. The first-order chi connectivity index (χ1) is 11.3. The van der Waals surface area contributed by atoms with Gasteiger partial charge in [0.05, 0.1) is 18.4 Å². The zero-order valence-corrected chi connectivity index (χ0v) is 12.9. The Bertz CT molecular complexity index is 843. The van der Waals surface area contributed by atoms with Gasteiger partial charge in [-0.15, -0.1) is 0 Å². The number of hydrogen-bond acceptors (Lipinski definition) is 2. The van der Waals surface area contributed by atoms with E-state index in [2.05, 4.69) is 46.8 Å². The second-order valence-electron chi connectivity index (χ2n) is 6.18. The van der Waals surface area contributed by atoms with Crippen molar-refractivity contribution in [2.45, 2.75) is 25.8 Å². The molecule has 116 valence electrons. The number of nitrogens with zero attached hydrogens (tertiary/aromatic N) is 2. The average Bonchev–Trinajstić information content (AvgIpc) is 2.93. The van der Waals surface area contributed by atoms with Gasteiger partial charge in [0.15, 0.2) is 0 Å². The van der Waals surface area contributed by atoms with Crippen molar-refractivity contribution >= 4 is 22.4 Å². The molecule has 4 nitrogen and oxygen atoms in total. The summed E-state index contributed by atoms with van der Waals surface area (Å²) in [6.07, 6.45) is 6.81. The lowest BCUT2D eigenvalue weighted by molar-refractivity contribution is -0.122. The fourth-order valence-corrected chi connectivity index (χ4v) is 3.03. The van der Waals surface area contributed by atoms with Gasteiger partial charge in [0, 0.05) is 12.1 Å². The number of rotatable bonds is 4. The number of nitrogens with one attached hydrogen (secondary N) is 1. The first kappa shape index (κ1) is 14.0. The Morgan fingerprint density at radius 1 is 1.17 bits per heavy atom. The summed E-state index contributed by atoms with van der Waals surface area (Å²) in [5.41, 5.74) is 2.00. The predicted octanol–water partition coefficient (Wildman–Crippen LogP) is 3.82. The zero-order chi connectivity index (χ0) is 15.6. The molecular weight excluding hydrogens is 286 g/mol. The minimum Gasteiger partial charge on any atom is -0.323 e. The van der Waals surface area contributed by atoms with Crippen LogP contribution in [0, 0.1) is 5.92 Å². The number of carbonyl (C=O) groups excluding carboxylic acids is 1. The van der Waals surface area contributed by atoms with Crippen molar-refractivity contribution in [2.24, 2.45) is 5.92 Å². The highest BCUT2D eigenvalue weighted by atomic mass is 16.1. The van der Waals surface area contributed by atoms with E-state index >= 15 is 0 Å². The maximum atomic E-state index is 12.0. The quantitative estimate of drug-likeness (QED) is 0.796. The standard InChI is InChI=1S/C19H19N3O/c23-19(15-7-4-8-15)21-17-11-20-22(13-17)12-16-9-3-6-14-5-1-2-10-18(14)16/h1-3,5-6,9-11,13,15H,4,7-8,12H2,(H,21,23). The van der Waals surface area contributed by atoms with E-state index in [0.717, 1.165) is 18.5 Å². The topological polar surface area (TPSA) is 46.9 Å². The third kappa shape index (κ3) is 2.84. The van der Waals surface area contributed by atoms with Gasteiger partial charge in [-0.25, -0.2) is 0 Å². The molecule has 1 aliphatic rings. The smallest absolute Gasteiger partial charge is 0.227 e. The van der Waals surface area contributed by atoms with E-state index in [9.17, 15) is 4.79 Å². The molecule has 1 amide bonds. The van der Waals surface area contributed by atoms with Crippen molar-refractivity contribution < 1.29 is 4.79 Å². The second kappa shape index (κ2) is 5.88. The largest absolute Gasteiger partial charge is 0.323 e. The predicted molar refractivity (Wildman–Crippen MR) is 91.2 cm³/mol. The Kier molecular flexibility index (Phi) is 3.58. The van der Waals surface area contributed by atoms with Crippen molar-refractivity contribution in [3.8, 4) is 0 Å². The molecule has 1 fully saturated rings. The van der Waals surface area contributed by atoms with Crippen LogP contribution in [0.5, 0.6) is 0 Å². The SMILES string of the molecule is O=C(Nc1cnn(Cc2cccc3ccccc23)c1)C1CCC1. The summed E-state index contributed by atoms with van der Waals surface area (Å²) < 4.78 is 1.87. The number of aromatic nitrogens is 2. The number of hydrogen-bond donors (Lipinski definition) is 1. The van der Waals surface area contributed by atoms with Crippen LogP contribution in [-0.4, -0.2) is 15.7 Å². The summed E-state index contributed by atoms with van der Waals surface area (Å²) >= 11 is 0. The van der Waals surface area contributed by atoms with E-state index in [1.807, 2.05) is 16.9 Å². The number of amides is 1. The average molecular weight is 305 g/mol. The Hall–Kier alpha value is -2.62. The summed E-state index contributed by atoms with van der Waals surface area (Å²) in [5, 5.41) is 9.81. The highest BCUT2D eigenvalue weighted by molar-refractivity contribution is 5.92. The van der Waals surface area contributed by atoms with Crippen molar-refractivity contribution in [3.63, 3.8) is 0 Å². The molecule has 0 spiro atoms. The van der Waals surface area contributed by atoms with Crippen LogP contribution in [0.25, 0.3) is 10.8 Å². The number of fused-ring (bicyclic) bond motifs is 1. The molecule has 23 heavy (non-hydrogen) atoms. The first-order valence-electron chi connectivity index (χ1n) is 8.09. The summed E-state index contributed by atoms with van der Waals surface area (Å²) in [4.78, 5) is 12.0. The molecule has 2 aromatic carbocycles. The molecule has 0 unspecified atom stereocenters. The van der Waals surface area contributed by atoms with Crippen molar-refractivity contribution in [1.82, 2.24) is 9.78 Å². The van der Waals surface area contributed by atoms with Crippen molar-refractivity contribution in [1.29, 1.82) is 0 Å². The fourth-order valence-electron chi connectivity index (χ4n) is 3.03. The highest BCUT2D eigenvalue weighted by Crippen LogP contribution is 2.27. The fraction of sp³-hybridized carbons (Fsp3) is 0.263. The second-order valence-corrected chi connectivity index (χ2v) is 6.18. The lowest BCUT2D eigenvalue weighted by Crippen LogP contribution is -2.27. The lowest BCUT2D eigenvalue weighted by atomic mass is 9.85. The molecule has 0 atom stereocenters. The van der Waals surface area contributed by atoms with Crippen LogP contribution in [0.3, 0.4) is 0 Å². The molecule has 1 aromatic heterocycles. The molecule has 1 saturated carbocycles. The molecule has 1 aliphatic carbocycles. The third-order valence-corrected chi connectivity index (χ3v) is 4.59. The van der Waals surface area contributed by atoms with E-state index < -0.39 is 0 Å². The van der Waals surface area contributed by atoms with Crippen molar-refractivity contribution in [3.05, 3.63) is 60.4 Å². The lowest BCUT2D eigenvalue weighted by Gasteiger charge is -2.23. The van der Waals surface area contributed by atoms with E-state index in [1.165, 1.54) is 22.8 Å². The number of benzene rings is 2. The van der Waals surface area contributed by atoms with E-state index in [0.29, 0.717) is 6.54 Å². The summed E-state index contributed by atoms with van der Waals surface area (Å²) in [5.74, 6) is 0.317. The molecule has 4 rings (SSSR count). The monoisotopic (exact) mass is 305 g/mol. The molecule has 3 aromatic rings. The highest BCUT2D eigenvalue weighted by Gasteiger charge is 2.25. The van der Waals surface area contributed by atoms with Crippen LogP contribution in [0.2, 0.25) is 0 Å². The van der Waals surface area contributed by atoms with Gasteiger partial charge in [0.25, 0.3) is 0 Å². The third-order valence-electron chi connectivity index (χ3n) is 4.59. The molecule has 1 N–H and O–H groups in total. The van der Waals surface area contributed by atoms with Gasteiger partial charge in [-0.3, -0.25) is 9.48 Å². The summed E-state index contributed by atoms with van der Waals surface area (Å²) in [6.45, 7) is 0.695. The van der Waals surface area contributed by atoms with Gasteiger partial charge in [-0.1, -0.05) is 48.9 Å². The van der Waals surface area contributed by atoms with Crippen LogP contribution in [-0.2, 0) is 11.3 Å². The Balaban J connectivity index is 1.51. The Labute approximate surface area is 135 Å². The Morgan fingerprint density at radius 2 is 2.00 bits per heavy atom. The molecule has 0 bridgehead atoms. The van der Waals surface area contributed by atoms with Crippen LogP contribution >= 0.6 is 0 Å². The molecule has 0 radical (unpaired) electrons. The van der Waals surface area contributed by atoms with Crippen LogP contribution < -0.4 is 5.32 Å². The van der Waals surface area contributed by atoms with Crippen LogP contribution in [0.15, 0.2) is 54.9 Å². The van der Waals surface area contributed by atoms with E-state index in [4.69, 9.17) is 0 Å². The van der Waals surface area contributed by atoms with Gasteiger partial charge in [-0.05, 0) is 29.2 Å². The van der Waals surface area contributed by atoms with E-state index in [-0.39, 0.29) is 11.8 Å². The molecule has 1 heterocycles. The van der Waals surface area contributed by atoms with Gasteiger partial charge in [-0.2, -0.15) is 5.10 Å². The van der Waals surface area contributed by atoms with Crippen LogP contribution in [0.1, 0.15) is 24.8 Å². The molecule has 4 heteroatoms. The van der Waals surface area contributed by atoms with Gasteiger partial charge >= 0.3 is 0 Å². The minimum absolute atomic E-state index is 0.126. The van der Waals surface area contributed by atoms with Crippen molar-refractivity contribution in [2.75, 3.05) is 5.32 Å².